The number of amides is 1. The Hall–Kier alpha value is -2.11. The highest BCUT2D eigenvalue weighted by Crippen LogP contribution is 2.31. The Bertz CT molecular complexity index is 542. The van der Waals surface area contributed by atoms with Crippen molar-refractivity contribution in [1.29, 1.82) is 0 Å². The third-order valence-corrected chi connectivity index (χ3v) is 3.35. The van der Waals surface area contributed by atoms with Gasteiger partial charge in [-0.15, -0.1) is 0 Å². The molecular formula is C14H16FNO4. The molecule has 1 unspecified atom stereocenters. The molecule has 20 heavy (non-hydrogen) atoms. The fraction of sp³-hybridized carbons (Fsp3) is 0.429. The molecule has 1 aromatic rings. The van der Waals surface area contributed by atoms with Gasteiger partial charge in [0.05, 0.1) is 7.11 Å². The van der Waals surface area contributed by atoms with Crippen LogP contribution in [0.5, 0.6) is 5.75 Å². The number of carbonyl (C=O) groups excluding carboxylic acids is 1. The van der Waals surface area contributed by atoms with Crippen molar-refractivity contribution >= 4 is 11.9 Å². The summed E-state index contributed by atoms with van der Waals surface area (Å²) >= 11 is 0. The molecule has 5 nitrogen and oxygen atoms in total. The van der Waals surface area contributed by atoms with Gasteiger partial charge in [-0.25, -0.2) is 9.18 Å². The third kappa shape index (κ3) is 2.74. The maximum Gasteiger partial charge on any atom is 0.326 e. The smallest absolute Gasteiger partial charge is 0.326 e. The molecule has 0 saturated heterocycles. The Morgan fingerprint density at radius 3 is 2.60 bits per heavy atom. The van der Waals surface area contributed by atoms with E-state index in [0.717, 1.165) is 18.9 Å². The molecule has 0 heterocycles. The molecule has 0 spiro atoms. The van der Waals surface area contributed by atoms with Crippen LogP contribution in [0.15, 0.2) is 18.2 Å². The van der Waals surface area contributed by atoms with Crippen molar-refractivity contribution in [2.24, 2.45) is 0 Å². The maximum absolute atomic E-state index is 13.3. The molecule has 1 aliphatic rings. The minimum absolute atomic E-state index is 0.0328. The molecule has 6 heteroatoms. The highest BCUT2D eigenvalue weighted by molar-refractivity contribution is 5.97. The Labute approximate surface area is 116 Å². The Morgan fingerprint density at radius 2 is 2.10 bits per heavy atom. The third-order valence-electron chi connectivity index (χ3n) is 3.35. The van der Waals surface area contributed by atoms with Crippen molar-refractivity contribution in [2.45, 2.75) is 31.8 Å². The first-order chi connectivity index (χ1) is 9.45. The average Bonchev–Trinajstić information content (AvgIpc) is 3.23. The van der Waals surface area contributed by atoms with E-state index in [1.54, 1.807) is 0 Å². The molecule has 0 radical (unpaired) electrons. The summed E-state index contributed by atoms with van der Waals surface area (Å²) in [4.78, 5) is 24.9. The van der Waals surface area contributed by atoms with E-state index in [2.05, 4.69) is 0 Å². The maximum atomic E-state index is 13.3. The molecule has 1 amide bonds. The molecule has 0 aliphatic heterocycles. The number of carbonyl (C=O) groups is 2. The number of ether oxygens (including phenoxy) is 1. The molecule has 1 aromatic carbocycles. The highest BCUT2D eigenvalue weighted by atomic mass is 19.1. The molecule has 1 aliphatic carbocycles. The lowest BCUT2D eigenvalue weighted by Crippen LogP contribution is -2.44. The van der Waals surface area contributed by atoms with Crippen LogP contribution in [0, 0.1) is 5.82 Å². The van der Waals surface area contributed by atoms with Gasteiger partial charge in [-0.2, -0.15) is 0 Å². The summed E-state index contributed by atoms with van der Waals surface area (Å²) in [5.41, 5.74) is 0.225. The number of halogens is 1. The number of carboxylic acids is 1. The fourth-order valence-corrected chi connectivity index (χ4v) is 2.07. The molecule has 108 valence electrons. The van der Waals surface area contributed by atoms with Gasteiger partial charge in [-0.1, -0.05) is 0 Å². The van der Waals surface area contributed by atoms with Gasteiger partial charge in [0.25, 0.3) is 5.91 Å². The van der Waals surface area contributed by atoms with E-state index in [1.165, 1.54) is 31.1 Å². The van der Waals surface area contributed by atoms with E-state index in [0.29, 0.717) is 0 Å². The van der Waals surface area contributed by atoms with Crippen molar-refractivity contribution < 1.29 is 23.8 Å². The summed E-state index contributed by atoms with van der Waals surface area (Å²) in [6.07, 6.45) is 1.59. The first kappa shape index (κ1) is 14.3. The van der Waals surface area contributed by atoms with Crippen LogP contribution in [0.4, 0.5) is 4.39 Å². The van der Waals surface area contributed by atoms with E-state index >= 15 is 0 Å². The summed E-state index contributed by atoms with van der Waals surface area (Å²) in [5, 5.41) is 9.09. The summed E-state index contributed by atoms with van der Waals surface area (Å²) < 4.78 is 18.2. The van der Waals surface area contributed by atoms with Crippen molar-refractivity contribution in [3.8, 4) is 5.75 Å². The van der Waals surface area contributed by atoms with Gasteiger partial charge < -0.3 is 14.7 Å². The monoisotopic (exact) mass is 281 g/mol. The van der Waals surface area contributed by atoms with Crippen LogP contribution in [0.3, 0.4) is 0 Å². The van der Waals surface area contributed by atoms with Crippen LogP contribution < -0.4 is 4.74 Å². The molecule has 0 aromatic heterocycles. The number of nitrogens with zero attached hydrogens (tertiary/aromatic N) is 1. The van der Waals surface area contributed by atoms with E-state index in [-0.39, 0.29) is 17.4 Å². The van der Waals surface area contributed by atoms with Gasteiger partial charge in [0.1, 0.15) is 6.04 Å². The van der Waals surface area contributed by atoms with Crippen LogP contribution in [0.2, 0.25) is 0 Å². The van der Waals surface area contributed by atoms with Gasteiger partial charge in [0.2, 0.25) is 0 Å². The molecular weight excluding hydrogens is 265 g/mol. The summed E-state index contributed by atoms with van der Waals surface area (Å²) in [5.74, 6) is -2.07. The number of hydrogen-bond acceptors (Lipinski definition) is 3. The van der Waals surface area contributed by atoms with Gasteiger partial charge >= 0.3 is 5.97 Å². The molecule has 1 saturated carbocycles. The van der Waals surface area contributed by atoms with Crippen molar-refractivity contribution in [1.82, 2.24) is 4.90 Å². The zero-order valence-electron chi connectivity index (χ0n) is 11.3. The topological polar surface area (TPSA) is 66.8 Å². The van der Waals surface area contributed by atoms with Gasteiger partial charge in [-0.05, 0) is 38.0 Å². The zero-order valence-corrected chi connectivity index (χ0v) is 11.3. The molecule has 1 atom stereocenters. The first-order valence-corrected chi connectivity index (χ1v) is 6.34. The number of hydrogen-bond donors (Lipinski definition) is 1. The normalized spacial score (nSPS) is 15.6. The molecule has 1 N–H and O–H groups in total. The number of rotatable bonds is 5. The van der Waals surface area contributed by atoms with Crippen molar-refractivity contribution in [3.05, 3.63) is 29.6 Å². The van der Waals surface area contributed by atoms with Crippen molar-refractivity contribution in [2.75, 3.05) is 7.11 Å². The van der Waals surface area contributed by atoms with Gasteiger partial charge in [0.15, 0.2) is 11.6 Å². The summed E-state index contributed by atoms with van der Waals surface area (Å²) in [6, 6.07) is 2.81. The molecule has 1 fully saturated rings. The summed E-state index contributed by atoms with van der Waals surface area (Å²) in [6.45, 7) is 1.47. The van der Waals surface area contributed by atoms with E-state index < -0.39 is 23.7 Å². The second-order valence-electron chi connectivity index (χ2n) is 4.81. The molecule has 0 bridgehead atoms. The second-order valence-corrected chi connectivity index (χ2v) is 4.81. The SMILES string of the molecule is COc1cc(C(=O)N(C2CC2)C(C)C(=O)O)ccc1F. The summed E-state index contributed by atoms with van der Waals surface area (Å²) in [7, 11) is 1.31. The van der Waals surface area contributed by atoms with Gasteiger partial charge in [-0.3, -0.25) is 4.79 Å². The van der Waals surface area contributed by atoms with Crippen LogP contribution >= 0.6 is 0 Å². The lowest BCUT2D eigenvalue weighted by Gasteiger charge is -2.26. The molecule has 2 rings (SSSR count). The predicted octanol–water partition coefficient (Wildman–Crippen LogP) is 1.91. The zero-order chi connectivity index (χ0) is 14.9. The first-order valence-electron chi connectivity index (χ1n) is 6.34. The minimum Gasteiger partial charge on any atom is -0.494 e. The van der Waals surface area contributed by atoms with Gasteiger partial charge in [0, 0.05) is 11.6 Å². The van der Waals surface area contributed by atoms with Crippen molar-refractivity contribution in [3.63, 3.8) is 0 Å². The quantitative estimate of drug-likeness (QED) is 0.895. The predicted molar refractivity (Wildman–Crippen MR) is 69.2 cm³/mol. The minimum atomic E-state index is -1.06. The second kappa shape index (κ2) is 5.48. The Morgan fingerprint density at radius 1 is 1.45 bits per heavy atom. The highest BCUT2D eigenvalue weighted by Gasteiger charge is 2.38. The number of carboxylic acid groups (broad SMARTS) is 1. The van der Waals surface area contributed by atoms with Crippen LogP contribution in [0.25, 0.3) is 0 Å². The number of aliphatic carboxylic acids is 1. The number of methoxy groups -OCH3 is 1. The van der Waals surface area contributed by atoms with Crippen LogP contribution in [0.1, 0.15) is 30.1 Å². The average molecular weight is 281 g/mol. The van der Waals surface area contributed by atoms with Crippen LogP contribution in [-0.2, 0) is 4.79 Å². The van der Waals surface area contributed by atoms with Crippen LogP contribution in [-0.4, -0.2) is 41.1 Å². The standard InChI is InChI=1S/C14H16FNO4/c1-8(14(18)19)16(10-4-5-10)13(17)9-3-6-11(15)12(7-9)20-2/h3,6-8,10H,4-5H2,1-2H3,(H,18,19). The van der Waals surface area contributed by atoms with E-state index in [9.17, 15) is 14.0 Å². The van der Waals surface area contributed by atoms with E-state index in [4.69, 9.17) is 9.84 Å². The number of benzene rings is 1. The Balaban J connectivity index is 2.30. The Kier molecular flexibility index (Phi) is 3.92. The lowest BCUT2D eigenvalue weighted by molar-refractivity contribution is -0.141. The fourth-order valence-electron chi connectivity index (χ4n) is 2.07. The van der Waals surface area contributed by atoms with E-state index in [1.807, 2.05) is 0 Å². The largest absolute Gasteiger partial charge is 0.494 e. The lowest BCUT2D eigenvalue weighted by atomic mass is 10.1.